The number of carbonyl (C=O) groups is 8. The van der Waals surface area contributed by atoms with Crippen LogP contribution in [0.4, 0.5) is 39.9 Å². The largest absolute Gasteiger partial charge is 0.426 e. The molecule has 0 unspecified atom stereocenters. The number of hydrogen-bond acceptors (Lipinski definition) is 21. The second-order valence-corrected chi connectivity index (χ2v) is 34.3. The minimum absolute atomic E-state index is 0.0589. The normalized spacial score (nSPS) is 14.6. The van der Waals surface area contributed by atoms with E-state index in [1.807, 2.05) is 41.5 Å². The number of benzene rings is 4. The van der Waals surface area contributed by atoms with Crippen LogP contribution in [0.2, 0.25) is 0 Å². The summed E-state index contributed by atoms with van der Waals surface area (Å²) in [6, 6.07) is 9.68. The summed E-state index contributed by atoms with van der Waals surface area (Å²) in [5.74, 6) is -10.2. The summed E-state index contributed by atoms with van der Waals surface area (Å²) in [5.41, 5.74) is 4.33. The maximum Gasteiger partial charge on any atom is 0.342 e. The molecule has 678 valence electrons. The monoisotopic (exact) mass is 1770 g/mol. The van der Waals surface area contributed by atoms with Gasteiger partial charge in [-0.15, -0.1) is 10.2 Å². The van der Waals surface area contributed by atoms with E-state index in [4.69, 9.17) is 33.6 Å². The van der Waals surface area contributed by atoms with Crippen LogP contribution in [0, 0.1) is 75.1 Å². The minimum atomic E-state index is -1.03. The van der Waals surface area contributed by atoms with Crippen molar-refractivity contribution < 1.29 is 107 Å². The van der Waals surface area contributed by atoms with E-state index in [1.165, 1.54) is 50.0 Å². The number of aliphatic hydroxyl groups is 2. The Morgan fingerprint density at radius 2 is 0.810 bits per heavy atom. The number of hydrogen-bond donors (Lipinski definition) is 9. The van der Waals surface area contributed by atoms with Gasteiger partial charge >= 0.3 is 6.03 Å². The Balaban J connectivity index is 0.000000176. The van der Waals surface area contributed by atoms with E-state index in [0.29, 0.717) is 126 Å². The standard InChI is InChI=1S/C24H27F2N5O4.2C21H26F2N4O4.C20H24F2N4O3/c1-13-28-29-20(35-13)8-7-19(32)22(24(2,3)4)27-23(33)31-18-9-10-34-12-15(18)21(30-31)14-5-6-16(25)17(26)11-14;1-21(2,3)18(20(30)24-7-8-28)25-19(29)17-13-11-31-9-6-16(13)27(26-17)12-4-5-14(22)15(23)10-12;1-21(2,3)18(20(30)24-7-8-28)25-19(29)17-13-6-9-31-11-16(13)27(26-17)12-4-5-14(22)15(23)10-12;1-20(2,3)17(19(28)23-4)24-18(27)16-12-10-29-8-7-15(12)26(25-16)11-5-6-13(21)14(22)9-11/h5-6,11,22H,7-10,12H2,1-4H3,(H,27,33);2*4-5,10,18,28H,6-9,11H2,1-3H3,(H,24,30)(H,25,29);5-6,9,17H,7-8,10H2,1-4H3,(H,23,28)(H,24,27)/t22-;2*18-;17-/m1111/s1. The van der Waals surface area contributed by atoms with E-state index in [0.717, 1.165) is 48.5 Å². The minimum Gasteiger partial charge on any atom is -0.426 e. The number of ketones is 1. The Kier molecular flexibility index (Phi) is 31.3. The van der Waals surface area contributed by atoms with Gasteiger partial charge in [-0.3, -0.25) is 33.6 Å². The van der Waals surface area contributed by atoms with Gasteiger partial charge in [0.25, 0.3) is 17.7 Å². The van der Waals surface area contributed by atoms with Crippen LogP contribution in [-0.4, -0.2) is 191 Å². The Morgan fingerprint density at radius 1 is 0.429 bits per heavy atom. The first-order valence-corrected chi connectivity index (χ1v) is 40.5. The van der Waals surface area contributed by atoms with E-state index < -0.39 is 128 Å². The molecule has 0 saturated heterocycles. The topological polar surface area (TPSA) is 408 Å². The summed E-state index contributed by atoms with van der Waals surface area (Å²) < 4.78 is 141. The van der Waals surface area contributed by atoms with Crippen molar-refractivity contribution in [3.05, 3.63) is 193 Å². The molecule has 4 aromatic carbocycles. The third-order valence-electron chi connectivity index (χ3n) is 20.6. The molecule has 0 aliphatic carbocycles. The van der Waals surface area contributed by atoms with E-state index in [-0.39, 0.29) is 106 Å². The molecule has 4 atom stereocenters. The molecular weight excluding hydrogens is 1660 g/mol. The van der Waals surface area contributed by atoms with Crippen molar-refractivity contribution in [1.29, 1.82) is 0 Å². The van der Waals surface area contributed by atoms with Gasteiger partial charge in [0.15, 0.2) is 69.4 Å². The summed E-state index contributed by atoms with van der Waals surface area (Å²) in [5, 5.41) is 61.8. The highest BCUT2D eigenvalue weighted by Crippen LogP contribution is 2.35. The highest BCUT2D eigenvalue weighted by Gasteiger charge is 2.41. The number of amides is 7. The number of nitrogens with one attached hydrogen (secondary N) is 7. The zero-order chi connectivity index (χ0) is 92.2. The highest BCUT2D eigenvalue weighted by molar-refractivity contribution is 6.00. The second kappa shape index (κ2) is 41.0. The molecule has 0 radical (unpaired) electrons. The number of likely N-dealkylation sites (N-methyl/N-ethyl adjacent to an activating group) is 1. The third-order valence-corrected chi connectivity index (χ3v) is 20.6. The molecular formula is C86H103F8N17O15. The smallest absolute Gasteiger partial charge is 0.342 e. The van der Waals surface area contributed by atoms with Crippen LogP contribution in [0.1, 0.15) is 178 Å². The van der Waals surface area contributed by atoms with Crippen LogP contribution in [0.3, 0.4) is 0 Å². The summed E-state index contributed by atoms with van der Waals surface area (Å²) in [6.07, 6.45) is 2.09. The maximum absolute atomic E-state index is 13.9. The SMILES string of the molecule is CC(C)(C)[C@H](NC(=O)c1nn(-c2ccc(F)c(F)c2)c2c1CCOC2)C(=O)NCCO.CC(C)(C)[C@H](NC(=O)c1nn(-c2ccc(F)c(F)c2)c2c1COCC2)C(=O)NCCO.CNC(=O)[C@@H](NC(=O)c1nn(-c2ccc(F)c(F)c2)c2c1COCC2)C(C)(C)C.Cc1nnc(CCC(=O)[C@@H](NC(=O)n2nc(-c3ccc(F)c(F)c3)c3c2CCOC3)C(C)(C)C)o1. The van der Waals surface area contributed by atoms with Gasteiger partial charge in [-0.05, 0) is 76.3 Å². The van der Waals surface area contributed by atoms with Gasteiger partial charge in [0, 0.05) is 112 Å². The molecule has 0 spiro atoms. The van der Waals surface area contributed by atoms with Crippen LogP contribution in [-0.2, 0) is 96.7 Å². The predicted molar refractivity (Wildman–Crippen MR) is 437 cm³/mol. The van der Waals surface area contributed by atoms with Crippen molar-refractivity contribution >= 4 is 47.3 Å². The van der Waals surface area contributed by atoms with Crippen molar-refractivity contribution in [3.8, 4) is 28.3 Å². The summed E-state index contributed by atoms with van der Waals surface area (Å²) in [7, 11) is 1.50. The van der Waals surface area contributed by atoms with Crippen molar-refractivity contribution in [2.24, 2.45) is 21.7 Å². The molecule has 9 heterocycles. The molecule has 5 aromatic heterocycles. The first-order valence-electron chi connectivity index (χ1n) is 40.5. The molecule has 7 amide bonds. The van der Waals surface area contributed by atoms with E-state index in [1.54, 1.807) is 48.5 Å². The van der Waals surface area contributed by atoms with Crippen LogP contribution in [0.25, 0.3) is 28.3 Å². The Morgan fingerprint density at radius 3 is 1.21 bits per heavy atom. The van der Waals surface area contributed by atoms with Crippen molar-refractivity contribution in [2.45, 2.75) is 179 Å². The Hall–Kier alpha value is -12.0. The highest BCUT2D eigenvalue weighted by atomic mass is 19.2. The van der Waals surface area contributed by atoms with E-state index >= 15 is 0 Å². The predicted octanol–water partition coefficient (Wildman–Crippen LogP) is 8.83. The van der Waals surface area contributed by atoms with Crippen LogP contribution in [0.5, 0.6) is 0 Å². The number of aliphatic hydroxyl groups excluding tert-OH is 2. The average molecular weight is 1770 g/mol. The fourth-order valence-corrected chi connectivity index (χ4v) is 14.1. The maximum atomic E-state index is 13.9. The zero-order valence-electron chi connectivity index (χ0n) is 72.2. The van der Waals surface area contributed by atoms with E-state index in [9.17, 15) is 73.5 Å². The first kappa shape index (κ1) is 96.2. The number of halogens is 8. The van der Waals surface area contributed by atoms with Crippen molar-refractivity contribution in [3.63, 3.8) is 0 Å². The van der Waals surface area contributed by atoms with Crippen LogP contribution < -0.4 is 37.2 Å². The number of aromatic nitrogens is 10. The molecule has 9 N–H and O–H groups in total. The Labute approximate surface area is 720 Å². The zero-order valence-corrected chi connectivity index (χ0v) is 72.2. The molecule has 13 rings (SSSR count). The van der Waals surface area contributed by atoms with E-state index in [2.05, 4.69) is 67.8 Å². The number of nitrogens with zero attached hydrogens (tertiary/aromatic N) is 10. The number of Topliss-reactive ketones (excluding diaryl/α,β-unsaturated/α-hetero) is 1. The lowest BCUT2D eigenvalue weighted by molar-refractivity contribution is -0.126. The number of fused-ring (bicyclic) bond motifs is 4. The molecule has 0 saturated carbocycles. The molecule has 4 aliphatic rings. The quantitative estimate of drug-likeness (QED) is 0.0286. The number of aryl methyl sites for hydroxylation is 2. The summed E-state index contributed by atoms with van der Waals surface area (Å²) in [6.45, 7) is 25.5. The lowest BCUT2D eigenvalue weighted by atomic mass is 9.83. The van der Waals surface area contributed by atoms with Gasteiger partial charge < -0.3 is 70.8 Å². The number of rotatable bonds is 22. The van der Waals surface area contributed by atoms with Crippen LogP contribution >= 0.6 is 0 Å². The van der Waals surface area contributed by atoms with Gasteiger partial charge in [0.1, 0.15) is 18.1 Å². The number of carbonyl (C=O) groups excluding carboxylic acids is 8. The number of ether oxygens (including phenoxy) is 4. The average Bonchev–Trinajstić information content (AvgIpc) is 1.64. The van der Waals surface area contributed by atoms with Gasteiger partial charge in [-0.2, -0.15) is 25.1 Å². The van der Waals surface area contributed by atoms with Gasteiger partial charge in [-0.25, -0.2) is 54.0 Å². The molecule has 0 bridgehead atoms. The molecule has 40 heteroatoms. The van der Waals surface area contributed by atoms with Crippen molar-refractivity contribution in [2.75, 3.05) is 59.8 Å². The third kappa shape index (κ3) is 23.2. The lowest BCUT2D eigenvalue weighted by Gasteiger charge is -2.30. The van der Waals surface area contributed by atoms with Crippen molar-refractivity contribution in [1.82, 2.24) is 86.5 Å². The molecule has 126 heavy (non-hydrogen) atoms. The molecule has 32 nitrogen and oxygen atoms in total. The lowest BCUT2D eigenvalue weighted by Crippen LogP contribution is -2.54. The molecule has 0 fully saturated rings. The summed E-state index contributed by atoms with van der Waals surface area (Å²) >= 11 is 0. The second-order valence-electron chi connectivity index (χ2n) is 34.3. The van der Waals surface area contributed by atoms with Gasteiger partial charge in [-0.1, -0.05) is 83.1 Å². The molecule has 4 aliphatic heterocycles. The fourth-order valence-electron chi connectivity index (χ4n) is 14.1. The fraction of sp³-hybridized carbons (Fsp3) is 0.465. The van der Waals surface area contributed by atoms with Gasteiger partial charge in [0.2, 0.25) is 29.5 Å². The van der Waals surface area contributed by atoms with Crippen LogP contribution in [0.15, 0.2) is 77.2 Å². The summed E-state index contributed by atoms with van der Waals surface area (Å²) in [4.78, 5) is 103. The molecule has 9 aromatic rings. The van der Waals surface area contributed by atoms with Gasteiger partial charge in [0.05, 0.1) is 118 Å². The Bertz CT molecular complexity index is 5340. The first-order chi connectivity index (χ1) is 59.4.